The predicted octanol–water partition coefficient (Wildman–Crippen LogP) is 4.39. The van der Waals surface area contributed by atoms with Crippen LogP contribution < -0.4 is 5.32 Å². The molecule has 0 atom stereocenters. The summed E-state index contributed by atoms with van der Waals surface area (Å²) in [7, 11) is -3.35. The minimum atomic E-state index is -4.74. The highest BCUT2D eigenvalue weighted by Gasteiger charge is 2.36. The van der Waals surface area contributed by atoms with Gasteiger partial charge in [-0.15, -0.1) is 0 Å². The summed E-state index contributed by atoms with van der Waals surface area (Å²) in [4.78, 5) is 4.40. The van der Waals surface area contributed by atoms with E-state index < -0.39 is 27.1 Å². The monoisotopic (exact) mass is 444 g/mol. The maximum Gasteiger partial charge on any atom is 0.417 e. The molecule has 1 N–H and O–H groups in total. The van der Waals surface area contributed by atoms with E-state index >= 15 is 0 Å². The van der Waals surface area contributed by atoms with Gasteiger partial charge in [-0.25, -0.2) is 13.4 Å². The molecule has 2 heterocycles. The summed E-state index contributed by atoms with van der Waals surface area (Å²) in [6.07, 6.45) is -3.64. The minimum absolute atomic E-state index is 0.0894. The first-order chi connectivity index (χ1) is 14.6. The number of hydrogen-bond acceptors (Lipinski definition) is 5. The van der Waals surface area contributed by atoms with E-state index in [4.69, 9.17) is 0 Å². The van der Waals surface area contributed by atoms with Crippen LogP contribution in [-0.4, -0.2) is 24.1 Å². The first-order valence-electron chi connectivity index (χ1n) is 9.04. The molecular weight excluding hydrogens is 429 g/mol. The first kappa shape index (κ1) is 20.7. The van der Waals surface area contributed by atoms with E-state index in [9.17, 15) is 26.9 Å². The normalized spacial score (nSPS) is 12.2. The number of nitrogens with zero attached hydrogens (tertiary/aromatic N) is 3. The van der Waals surface area contributed by atoms with Gasteiger partial charge in [0.2, 0.25) is 0 Å². The zero-order valence-electron chi connectivity index (χ0n) is 16.1. The van der Waals surface area contributed by atoms with Crippen LogP contribution in [0.25, 0.3) is 16.7 Å². The quantitative estimate of drug-likeness (QED) is 0.504. The average molecular weight is 444 g/mol. The molecule has 0 saturated carbocycles. The minimum Gasteiger partial charge on any atom is -0.367 e. The van der Waals surface area contributed by atoms with Crippen LogP contribution in [0, 0.1) is 11.3 Å². The summed E-state index contributed by atoms with van der Waals surface area (Å²) >= 11 is 0. The van der Waals surface area contributed by atoms with E-state index in [1.807, 2.05) is 0 Å². The Balaban J connectivity index is 1.84. The topological polar surface area (TPSA) is 87.3 Å². The highest BCUT2D eigenvalue weighted by atomic mass is 32.2. The molecule has 0 aliphatic heterocycles. The van der Waals surface area contributed by atoms with Crippen LogP contribution in [0.5, 0.6) is 0 Å². The number of sulfone groups is 1. The number of nitrogens with one attached hydrogen (secondary N) is 1. The van der Waals surface area contributed by atoms with Gasteiger partial charge in [0.25, 0.3) is 0 Å². The molecule has 0 unspecified atom stereocenters. The van der Waals surface area contributed by atoms with Crippen molar-refractivity contribution >= 4 is 32.3 Å². The Morgan fingerprint density at radius 1 is 1.13 bits per heavy atom. The lowest BCUT2D eigenvalue weighted by molar-refractivity contribution is -0.137. The molecule has 4 aromatic rings. The zero-order valence-corrected chi connectivity index (χ0v) is 16.9. The van der Waals surface area contributed by atoms with Crippen molar-refractivity contribution in [3.63, 3.8) is 0 Å². The van der Waals surface area contributed by atoms with Gasteiger partial charge >= 0.3 is 6.18 Å². The maximum absolute atomic E-state index is 13.6. The summed E-state index contributed by atoms with van der Waals surface area (Å²) < 4.78 is 65.6. The Morgan fingerprint density at radius 2 is 1.81 bits per heavy atom. The molecule has 2 aromatic carbocycles. The van der Waals surface area contributed by atoms with E-state index in [1.54, 1.807) is 42.5 Å². The molecule has 0 spiro atoms. The van der Waals surface area contributed by atoms with Gasteiger partial charge in [0, 0.05) is 12.8 Å². The van der Waals surface area contributed by atoms with Crippen molar-refractivity contribution in [3.8, 4) is 6.07 Å². The molecule has 0 fully saturated rings. The molecule has 31 heavy (non-hydrogen) atoms. The number of anilines is 1. The van der Waals surface area contributed by atoms with E-state index in [0.29, 0.717) is 16.6 Å². The number of halogens is 3. The van der Waals surface area contributed by atoms with Gasteiger partial charge in [0.15, 0.2) is 15.5 Å². The fourth-order valence-electron chi connectivity index (χ4n) is 3.34. The molecule has 0 radical (unpaired) electrons. The van der Waals surface area contributed by atoms with Crippen molar-refractivity contribution in [2.45, 2.75) is 17.6 Å². The number of rotatable bonds is 4. The van der Waals surface area contributed by atoms with Crippen LogP contribution >= 0.6 is 0 Å². The summed E-state index contributed by atoms with van der Waals surface area (Å²) in [5, 5.41) is 12.4. The number of imidazole rings is 1. The Hall–Kier alpha value is -3.58. The Bertz CT molecular complexity index is 1450. The van der Waals surface area contributed by atoms with Crippen molar-refractivity contribution < 1.29 is 21.6 Å². The van der Waals surface area contributed by atoms with Gasteiger partial charge in [-0.3, -0.25) is 4.40 Å². The molecule has 4 rings (SSSR count). The van der Waals surface area contributed by atoms with Crippen LogP contribution in [0.4, 0.5) is 19.0 Å². The molecular formula is C21H15F3N4O2S. The number of fused-ring (bicyclic) bond motifs is 3. The average Bonchev–Trinajstić information content (AvgIpc) is 3.10. The van der Waals surface area contributed by atoms with Gasteiger partial charge in [0.05, 0.1) is 21.5 Å². The number of alkyl halides is 3. The molecule has 0 amide bonds. The number of aromatic nitrogens is 2. The molecule has 158 valence electrons. The summed E-state index contributed by atoms with van der Waals surface area (Å²) in [5.41, 5.74) is -0.0349. The lowest BCUT2D eigenvalue weighted by Crippen LogP contribution is -2.13. The van der Waals surface area contributed by atoms with Gasteiger partial charge in [-0.2, -0.15) is 18.4 Å². The third-order valence-electron chi connectivity index (χ3n) is 4.82. The molecule has 10 heteroatoms. The smallest absolute Gasteiger partial charge is 0.367 e. The fourth-order valence-corrected chi connectivity index (χ4v) is 3.97. The van der Waals surface area contributed by atoms with Crippen LogP contribution in [0.15, 0.2) is 59.5 Å². The molecule has 0 bridgehead atoms. The van der Waals surface area contributed by atoms with Crippen LogP contribution in [0.3, 0.4) is 0 Å². The number of benzene rings is 2. The maximum atomic E-state index is 13.6. The molecule has 6 nitrogen and oxygen atoms in total. The Labute approximate surface area is 175 Å². The second-order valence-corrected chi connectivity index (χ2v) is 8.97. The molecule has 2 aromatic heterocycles. The Morgan fingerprint density at radius 3 is 2.42 bits per heavy atom. The second kappa shape index (κ2) is 7.28. The summed E-state index contributed by atoms with van der Waals surface area (Å²) in [6.45, 7) is 0.134. The summed E-state index contributed by atoms with van der Waals surface area (Å²) in [6, 6.07) is 15.4. The number of para-hydroxylation sites is 2. The number of pyridine rings is 1. The van der Waals surface area contributed by atoms with Crippen LogP contribution in [-0.2, 0) is 22.6 Å². The highest BCUT2D eigenvalue weighted by Crippen LogP contribution is 2.37. The Kier molecular flexibility index (Phi) is 4.86. The fraction of sp³-hybridized carbons (Fsp3) is 0.143. The summed E-state index contributed by atoms with van der Waals surface area (Å²) in [5.74, 6) is 0.113. The van der Waals surface area contributed by atoms with Crippen molar-refractivity contribution in [2.75, 3.05) is 11.6 Å². The van der Waals surface area contributed by atoms with Gasteiger partial charge in [0.1, 0.15) is 17.5 Å². The SMILES string of the molecule is CS(=O)(=O)c1ccc(CNc2cc(C(F)(F)F)c(C#N)c3nc4ccccc4n23)cc1. The third kappa shape index (κ3) is 3.80. The van der Waals surface area contributed by atoms with Crippen molar-refractivity contribution in [1.29, 1.82) is 5.26 Å². The van der Waals surface area contributed by atoms with Crippen molar-refractivity contribution in [3.05, 3.63) is 71.3 Å². The second-order valence-electron chi connectivity index (χ2n) is 6.96. The largest absolute Gasteiger partial charge is 0.417 e. The van der Waals surface area contributed by atoms with Crippen LogP contribution in [0.2, 0.25) is 0 Å². The van der Waals surface area contributed by atoms with Gasteiger partial charge in [-0.1, -0.05) is 24.3 Å². The standard InChI is InChI=1S/C21H15F3N4O2S/c1-31(29,30)14-8-6-13(7-9-14)12-26-19-10-16(21(22,23)24)15(11-25)20-27-17-4-2-3-5-18(17)28(19)20/h2-10,26H,12H2,1H3. The molecule has 0 saturated heterocycles. The molecule has 0 aliphatic carbocycles. The van der Waals surface area contributed by atoms with Crippen molar-refractivity contribution in [1.82, 2.24) is 9.38 Å². The van der Waals surface area contributed by atoms with Gasteiger partial charge in [-0.05, 0) is 35.9 Å². The zero-order chi connectivity index (χ0) is 22.4. The molecule has 0 aliphatic rings. The van der Waals surface area contributed by atoms with E-state index in [-0.39, 0.29) is 22.9 Å². The number of nitriles is 1. The van der Waals surface area contributed by atoms with E-state index in [0.717, 1.165) is 12.3 Å². The first-order valence-corrected chi connectivity index (χ1v) is 10.9. The third-order valence-corrected chi connectivity index (χ3v) is 5.95. The lowest BCUT2D eigenvalue weighted by Gasteiger charge is -2.15. The van der Waals surface area contributed by atoms with E-state index in [1.165, 1.54) is 16.5 Å². The van der Waals surface area contributed by atoms with Crippen LogP contribution in [0.1, 0.15) is 16.7 Å². The van der Waals surface area contributed by atoms with E-state index in [2.05, 4.69) is 10.3 Å². The highest BCUT2D eigenvalue weighted by molar-refractivity contribution is 7.90. The van der Waals surface area contributed by atoms with Gasteiger partial charge < -0.3 is 5.32 Å². The van der Waals surface area contributed by atoms with Crippen molar-refractivity contribution in [2.24, 2.45) is 0 Å². The lowest BCUT2D eigenvalue weighted by atomic mass is 10.1. The predicted molar refractivity (Wildman–Crippen MR) is 109 cm³/mol. The number of hydrogen-bond donors (Lipinski definition) is 1.